The van der Waals surface area contributed by atoms with Gasteiger partial charge in [-0.1, -0.05) is 0 Å². The lowest BCUT2D eigenvalue weighted by atomic mass is 9.95. The van der Waals surface area contributed by atoms with Crippen LogP contribution in [0.1, 0.15) is 54.4 Å². The van der Waals surface area contributed by atoms with Crippen molar-refractivity contribution in [3.63, 3.8) is 0 Å². The van der Waals surface area contributed by atoms with Crippen LogP contribution in [0.25, 0.3) is 0 Å². The molecule has 1 saturated heterocycles. The fourth-order valence-electron chi connectivity index (χ4n) is 2.61. The van der Waals surface area contributed by atoms with Crippen LogP contribution in [0.2, 0.25) is 0 Å². The van der Waals surface area contributed by atoms with Crippen molar-refractivity contribution < 1.29 is 19.1 Å². The van der Waals surface area contributed by atoms with E-state index < -0.39 is 17.3 Å². The number of carbonyl (C=O) groups is 2. The molecule has 24 heavy (non-hydrogen) atoms. The standard InChI is InChI=1S/C17H33N3O4/c1-16(2,3)23-14(21)19-13-8-10-20(9-7-12(13)11-18)15(22)24-17(4,5)6/h12-13H,7-11,18H2,1-6H3,(H,19,21)/t12-,13+/m0/s1. The molecule has 1 fully saturated rings. The van der Waals surface area contributed by atoms with Crippen LogP contribution in [0, 0.1) is 5.92 Å². The van der Waals surface area contributed by atoms with Crippen LogP contribution in [0.15, 0.2) is 0 Å². The number of alkyl carbamates (subject to hydrolysis) is 1. The number of nitrogens with one attached hydrogen (secondary N) is 1. The molecule has 7 heteroatoms. The average Bonchev–Trinajstić information content (AvgIpc) is 2.56. The topological polar surface area (TPSA) is 93.9 Å². The minimum Gasteiger partial charge on any atom is -0.444 e. The van der Waals surface area contributed by atoms with Crippen molar-refractivity contribution in [1.82, 2.24) is 10.2 Å². The third-order valence-corrected chi connectivity index (χ3v) is 3.71. The first kappa shape index (κ1) is 20.5. The summed E-state index contributed by atoms with van der Waals surface area (Å²) < 4.78 is 10.7. The molecule has 0 aliphatic carbocycles. The minimum absolute atomic E-state index is 0.102. The van der Waals surface area contributed by atoms with Gasteiger partial charge in [0.25, 0.3) is 0 Å². The Labute approximate surface area is 145 Å². The van der Waals surface area contributed by atoms with E-state index in [9.17, 15) is 9.59 Å². The molecule has 0 unspecified atom stereocenters. The molecule has 2 amide bonds. The van der Waals surface area contributed by atoms with Crippen LogP contribution in [0.5, 0.6) is 0 Å². The molecule has 0 aromatic carbocycles. The number of likely N-dealkylation sites (tertiary alicyclic amines) is 1. The molecule has 1 heterocycles. The van der Waals surface area contributed by atoms with Crippen LogP contribution >= 0.6 is 0 Å². The van der Waals surface area contributed by atoms with Crippen LogP contribution in [0.3, 0.4) is 0 Å². The maximum absolute atomic E-state index is 12.2. The largest absolute Gasteiger partial charge is 0.444 e. The van der Waals surface area contributed by atoms with Gasteiger partial charge in [0.1, 0.15) is 11.2 Å². The first-order valence-corrected chi connectivity index (χ1v) is 8.59. The summed E-state index contributed by atoms with van der Waals surface area (Å²) in [4.78, 5) is 25.9. The van der Waals surface area contributed by atoms with Crippen molar-refractivity contribution in [3.8, 4) is 0 Å². The van der Waals surface area contributed by atoms with Gasteiger partial charge in [0.2, 0.25) is 0 Å². The van der Waals surface area contributed by atoms with Gasteiger partial charge in [0.05, 0.1) is 0 Å². The Kier molecular flexibility index (Phi) is 6.89. The summed E-state index contributed by atoms with van der Waals surface area (Å²) in [6.45, 7) is 12.5. The van der Waals surface area contributed by atoms with Crippen molar-refractivity contribution in [2.45, 2.75) is 71.6 Å². The maximum atomic E-state index is 12.2. The fraction of sp³-hybridized carbons (Fsp3) is 0.882. The Bertz CT molecular complexity index is 440. The summed E-state index contributed by atoms with van der Waals surface area (Å²) in [5.41, 5.74) is 4.79. The van der Waals surface area contributed by atoms with Crippen LogP contribution in [-0.4, -0.2) is 54.0 Å². The molecular formula is C17H33N3O4. The zero-order valence-electron chi connectivity index (χ0n) is 15.8. The van der Waals surface area contributed by atoms with Gasteiger partial charge in [-0.25, -0.2) is 9.59 Å². The Morgan fingerprint density at radius 1 is 1.04 bits per heavy atom. The molecule has 1 aliphatic rings. The normalized spacial score (nSPS) is 22.5. The molecule has 3 N–H and O–H groups in total. The van der Waals surface area contributed by atoms with E-state index in [1.54, 1.807) is 4.90 Å². The third-order valence-electron chi connectivity index (χ3n) is 3.71. The lowest BCUT2D eigenvalue weighted by Gasteiger charge is -2.27. The Balaban J connectivity index is 2.66. The van der Waals surface area contributed by atoms with E-state index in [0.717, 1.165) is 6.42 Å². The summed E-state index contributed by atoms with van der Waals surface area (Å²) >= 11 is 0. The number of carbonyl (C=O) groups excluding carboxylic acids is 2. The van der Waals surface area contributed by atoms with Gasteiger partial charge >= 0.3 is 12.2 Å². The number of ether oxygens (including phenoxy) is 2. The lowest BCUT2D eigenvalue weighted by molar-refractivity contribution is 0.0255. The Morgan fingerprint density at radius 3 is 2.08 bits per heavy atom. The number of nitrogens with zero attached hydrogens (tertiary/aromatic N) is 1. The monoisotopic (exact) mass is 343 g/mol. The molecule has 0 aromatic rings. The smallest absolute Gasteiger partial charge is 0.410 e. The molecule has 0 radical (unpaired) electrons. The van der Waals surface area contributed by atoms with Gasteiger partial charge in [-0.05, 0) is 66.8 Å². The second-order valence-electron chi connectivity index (χ2n) is 8.29. The van der Waals surface area contributed by atoms with Crippen molar-refractivity contribution in [2.24, 2.45) is 11.7 Å². The van der Waals surface area contributed by atoms with E-state index in [1.807, 2.05) is 41.5 Å². The van der Waals surface area contributed by atoms with Crippen molar-refractivity contribution in [2.75, 3.05) is 19.6 Å². The molecule has 0 spiro atoms. The van der Waals surface area contributed by atoms with Crippen LogP contribution < -0.4 is 11.1 Å². The second-order valence-corrected chi connectivity index (χ2v) is 8.29. The summed E-state index contributed by atoms with van der Waals surface area (Å²) in [6.07, 6.45) is 0.573. The van der Waals surface area contributed by atoms with E-state index in [-0.39, 0.29) is 18.1 Å². The summed E-state index contributed by atoms with van der Waals surface area (Å²) in [6, 6.07) is -0.114. The Morgan fingerprint density at radius 2 is 1.58 bits per heavy atom. The van der Waals surface area contributed by atoms with E-state index in [0.29, 0.717) is 26.1 Å². The molecule has 140 valence electrons. The predicted octanol–water partition coefficient (Wildman–Crippen LogP) is 2.49. The van der Waals surface area contributed by atoms with Gasteiger partial charge in [-0.2, -0.15) is 0 Å². The van der Waals surface area contributed by atoms with E-state index in [2.05, 4.69) is 5.32 Å². The fourth-order valence-corrected chi connectivity index (χ4v) is 2.61. The van der Waals surface area contributed by atoms with Crippen LogP contribution in [-0.2, 0) is 9.47 Å². The third kappa shape index (κ3) is 7.38. The van der Waals surface area contributed by atoms with E-state index >= 15 is 0 Å². The summed E-state index contributed by atoms with van der Waals surface area (Å²) in [5, 5.41) is 2.90. The number of rotatable bonds is 2. The van der Waals surface area contributed by atoms with Gasteiger partial charge in [-0.3, -0.25) is 0 Å². The summed E-state index contributed by atoms with van der Waals surface area (Å²) in [7, 11) is 0. The molecule has 1 rings (SSSR count). The molecule has 1 aliphatic heterocycles. The zero-order chi connectivity index (χ0) is 18.5. The molecule has 2 atom stereocenters. The van der Waals surface area contributed by atoms with Crippen molar-refractivity contribution in [3.05, 3.63) is 0 Å². The highest BCUT2D eigenvalue weighted by Gasteiger charge is 2.31. The van der Waals surface area contributed by atoms with Crippen LogP contribution in [0.4, 0.5) is 9.59 Å². The minimum atomic E-state index is -0.546. The predicted molar refractivity (Wildman–Crippen MR) is 92.7 cm³/mol. The maximum Gasteiger partial charge on any atom is 0.410 e. The van der Waals surface area contributed by atoms with Gasteiger partial charge in [0.15, 0.2) is 0 Å². The quantitative estimate of drug-likeness (QED) is 0.803. The highest BCUT2D eigenvalue weighted by atomic mass is 16.6. The molecule has 7 nitrogen and oxygen atoms in total. The lowest BCUT2D eigenvalue weighted by Crippen LogP contribution is -2.45. The second kappa shape index (κ2) is 8.05. The molecule has 0 aromatic heterocycles. The summed E-state index contributed by atoms with van der Waals surface area (Å²) in [5.74, 6) is 0.102. The number of nitrogens with two attached hydrogens (primary N) is 1. The first-order chi connectivity index (χ1) is 10.9. The number of amides is 2. The van der Waals surface area contributed by atoms with E-state index in [1.165, 1.54) is 0 Å². The number of hydrogen-bond donors (Lipinski definition) is 2. The average molecular weight is 343 g/mol. The first-order valence-electron chi connectivity index (χ1n) is 8.59. The molecular weight excluding hydrogens is 310 g/mol. The van der Waals surface area contributed by atoms with Crippen molar-refractivity contribution in [1.29, 1.82) is 0 Å². The highest BCUT2D eigenvalue weighted by Crippen LogP contribution is 2.20. The van der Waals surface area contributed by atoms with Crippen molar-refractivity contribution >= 4 is 12.2 Å². The van der Waals surface area contributed by atoms with Gasteiger partial charge in [0, 0.05) is 19.1 Å². The van der Waals surface area contributed by atoms with Gasteiger partial charge in [-0.15, -0.1) is 0 Å². The highest BCUT2D eigenvalue weighted by molar-refractivity contribution is 5.69. The Hall–Kier alpha value is -1.50. The number of hydrogen-bond acceptors (Lipinski definition) is 5. The molecule has 0 saturated carbocycles. The van der Waals surface area contributed by atoms with Gasteiger partial charge < -0.3 is 25.4 Å². The van der Waals surface area contributed by atoms with E-state index in [4.69, 9.17) is 15.2 Å². The SMILES string of the molecule is CC(C)(C)OC(=O)N[C@@H]1CCN(C(=O)OC(C)(C)C)CC[C@H]1CN. The zero-order valence-corrected chi connectivity index (χ0v) is 15.8. The molecule has 0 bridgehead atoms.